The topological polar surface area (TPSA) is 66.8 Å². The third-order valence-corrected chi connectivity index (χ3v) is 5.74. The first-order valence-corrected chi connectivity index (χ1v) is 10.6. The van der Waals surface area contributed by atoms with Crippen LogP contribution in [0.15, 0.2) is 28.7 Å². The average Bonchev–Trinajstić information content (AvgIpc) is 3.29. The highest BCUT2D eigenvalue weighted by Gasteiger charge is 2.21. The molecule has 0 N–H and O–H groups in total. The van der Waals surface area contributed by atoms with Gasteiger partial charge in [-0.25, -0.2) is 4.79 Å². The molecule has 0 spiro atoms. The molecule has 1 saturated heterocycles. The lowest BCUT2D eigenvalue weighted by Crippen LogP contribution is -2.20. The summed E-state index contributed by atoms with van der Waals surface area (Å²) in [6, 6.07) is 6.80. The highest BCUT2D eigenvalue weighted by atomic mass is 79.9. The molecule has 8 heteroatoms. The lowest BCUT2D eigenvalue weighted by molar-refractivity contribution is -0.144. The van der Waals surface area contributed by atoms with Crippen molar-refractivity contribution in [2.24, 2.45) is 0 Å². The van der Waals surface area contributed by atoms with Gasteiger partial charge in [-0.15, -0.1) is 0 Å². The summed E-state index contributed by atoms with van der Waals surface area (Å²) in [7, 11) is 0. The number of hydrogen-bond acceptors (Lipinski definition) is 5. The fraction of sp³-hybridized carbons (Fsp3) is 0.429. The van der Waals surface area contributed by atoms with E-state index in [1.807, 2.05) is 19.9 Å². The van der Waals surface area contributed by atoms with Gasteiger partial charge >= 0.3 is 5.97 Å². The van der Waals surface area contributed by atoms with E-state index in [0.717, 1.165) is 37.4 Å². The molecular weight excluding hydrogens is 462 g/mol. The van der Waals surface area contributed by atoms with Crippen molar-refractivity contribution in [1.29, 1.82) is 0 Å². The lowest BCUT2D eigenvalue weighted by atomic mass is 10.1. The van der Waals surface area contributed by atoms with Gasteiger partial charge in [0.2, 0.25) is 5.78 Å². The second-order valence-electron chi connectivity index (χ2n) is 6.98. The van der Waals surface area contributed by atoms with Crippen molar-refractivity contribution in [3.63, 3.8) is 0 Å². The highest BCUT2D eigenvalue weighted by Crippen LogP contribution is 2.28. The van der Waals surface area contributed by atoms with Crippen LogP contribution in [0.3, 0.4) is 0 Å². The van der Waals surface area contributed by atoms with Crippen LogP contribution in [0.5, 0.6) is 5.75 Å². The summed E-state index contributed by atoms with van der Waals surface area (Å²) in [5.74, 6) is -0.388. The van der Waals surface area contributed by atoms with Crippen molar-refractivity contribution in [2.75, 3.05) is 19.8 Å². The van der Waals surface area contributed by atoms with E-state index in [1.165, 1.54) is 0 Å². The molecule has 2 aromatic rings. The molecule has 0 radical (unpaired) electrons. The van der Waals surface area contributed by atoms with Gasteiger partial charge in [0.1, 0.15) is 5.75 Å². The zero-order chi connectivity index (χ0) is 21.0. The van der Waals surface area contributed by atoms with E-state index in [9.17, 15) is 9.59 Å². The molecule has 1 aliphatic rings. The van der Waals surface area contributed by atoms with E-state index < -0.39 is 5.97 Å². The molecule has 1 aliphatic heterocycles. The van der Waals surface area contributed by atoms with Gasteiger partial charge in [-0.2, -0.15) is 0 Å². The van der Waals surface area contributed by atoms with E-state index >= 15 is 0 Å². The number of aromatic nitrogens is 1. The van der Waals surface area contributed by atoms with E-state index in [-0.39, 0.29) is 25.1 Å². The SMILES string of the molecule is Cc1cc(C(=O)COC(=O)COc2ccc(Cl)cc2Br)c(C)n1C[C@H]1CCCO1. The summed E-state index contributed by atoms with van der Waals surface area (Å²) in [5.41, 5.74) is 2.42. The lowest BCUT2D eigenvalue weighted by Gasteiger charge is -2.14. The van der Waals surface area contributed by atoms with Crippen LogP contribution in [-0.2, 0) is 20.8 Å². The predicted octanol–water partition coefficient (Wildman–Crippen LogP) is 4.50. The zero-order valence-corrected chi connectivity index (χ0v) is 18.7. The minimum Gasteiger partial charge on any atom is -0.481 e. The Morgan fingerprint density at radius 2 is 2.07 bits per heavy atom. The Labute approximate surface area is 183 Å². The maximum Gasteiger partial charge on any atom is 0.344 e. The van der Waals surface area contributed by atoms with E-state index in [1.54, 1.807) is 18.2 Å². The Morgan fingerprint density at radius 3 is 2.76 bits per heavy atom. The number of carbonyl (C=O) groups excluding carboxylic acids is 2. The molecule has 0 saturated carbocycles. The van der Waals surface area contributed by atoms with Crippen molar-refractivity contribution in [2.45, 2.75) is 39.3 Å². The Bertz CT molecular complexity index is 905. The van der Waals surface area contributed by atoms with Gasteiger partial charge < -0.3 is 18.8 Å². The first kappa shape index (κ1) is 21.9. The number of carbonyl (C=O) groups is 2. The maximum absolute atomic E-state index is 12.6. The molecule has 0 unspecified atom stereocenters. The Hall–Kier alpha value is -1.83. The Kier molecular flexibility index (Phi) is 7.38. The van der Waals surface area contributed by atoms with Crippen molar-refractivity contribution >= 4 is 39.3 Å². The molecule has 6 nitrogen and oxygen atoms in total. The highest BCUT2D eigenvalue weighted by molar-refractivity contribution is 9.10. The number of nitrogens with zero attached hydrogens (tertiary/aromatic N) is 1. The number of benzene rings is 1. The number of esters is 1. The molecule has 3 rings (SSSR count). The predicted molar refractivity (Wildman–Crippen MR) is 113 cm³/mol. The number of ketones is 1. The summed E-state index contributed by atoms with van der Waals surface area (Å²) in [6.07, 6.45) is 2.28. The fourth-order valence-electron chi connectivity index (χ4n) is 3.35. The Balaban J connectivity index is 1.52. The summed E-state index contributed by atoms with van der Waals surface area (Å²) in [4.78, 5) is 24.5. The van der Waals surface area contributed by atoms with Crippen molar-refractivity contribution in [1.82, 2.24) is 4.57 Å². The molecule has 0 aliphatic carbocycles. The van der Waals surface area contributed by atoms with Gasteiger partial charge in [-0.3, -0.25) is 4.79 Å². The summed E-state index contributed by atoms with van der Waals surface area (Å²) in [5, 5.41) is 0.550. The quantitative estimate of drug-likeness (QED) is 0.407. The number of rotatable bonds is 8. The summed E-state index contributed by atoms with van der Waals surface area (Å²) >= 11 is 9.18. The van der Waals surface area contributed by atoms with Gasteiger partial charge in [0.05, 0.1) is 10.6 Å². The first-order chi connectivity index (χ1) is 13.8. The molecule has 0 bridgehead atoms. The standard InChI is InChI=1S/C21H23BrClNO5/c1-13-8-17(14(2)24(13)10-16-4-3-7-27-16)19(25)11-29-21(26)12-28-20-6-5-15(23)9-18(20)22/h5-6,8-9,16H,3-4,7,10-12H2,1-2H3/t16-/m1/s1. The van der Waals surface area contributed by atoms with E-state index in [2.05, 4.69) is 20.5 Å². The molecule has 2 heterocycles. The number of aryl methyl sites for hydroxylation is 1. The smallest absolute Gasteiger partial charge is 0.344 e. The first-order valence-electron chi connectivity index (χ1n) is 9.40. The van der Waals surface area contributed by atoms with Crippen LogP contribution < -0.4 is 4.74 Å². The molecule has 1 aromatic heterocycles. The largest absolute Gasteiger partial charge is 0.481 e. The van der Waals surface area contributed by atoms with Crippen molar-refractivity contribution in [3.8, 4) is 5.75 Å². The number of Topliss-reactive ketones (excluding diaryl/α,β-unsaturated/α-hetero) is 1. The average molecular weight is 485 g/mol. The van der Waals surface area contributed by atoms with Crippen LogP contribution >= 0.6 is 27.5 Å². The zero-order valence-electron chi connectivity index (χ0n) is 16.4. The van der Waals surface area contributed by atoms with Crippen LogP contribution in [0.1, 0.15) is 34.6 Å². The molecular formula is C21H23BrClNO5. The van der Waals surface area contributed by atoms with E-state index in [4.69, 9.17) is 25.8 Å². The van der Waals surface area contributed by atoms with Crippen LogP contribution in [0.4, 0.5) is 0 Å². The van der Waals surface area contributed by atoms with Crippen molar-refractivity contribution in [3.05, 3.63) is 50.7 Å². The van der Waals surface area contributed by atoms with Gasteiger partial charge in [-0.05, 0) is 66.9 Å². The van der Waals surface area contributed by atoms with Crippen LogP contribution in [0.2, 0.25) is 5.02 Å². The number of halogens is 2. The van der Waals surface area contributed by atoms with E-state index in [0.29, 0.717) is 20.8 Å². The van der Waals surface area contributed by atoms with Gasteiger partial charge in [0.15, 0.2) is 13.2 Å². The minimum absolute atomic E-state index is 0.185. The molecule has 1 fully saturated rings. The normalized spacial score (nSPS) is 16.1. The van der Waals surface area contributed by atoms with Gasteiger partial charge in [-0.1, -0.05) is 11.6 Å². The van der Waals surface area contributed by atoms with Crippen LogP contribution in [0.25, 0.3) is 0 Å². The second-order valence-corrected chi connectivity index (χ2v) is 8.27. The summed E-state index contributed by atoms with van der Waals surface area (Å²) in [6.45, 7) is 4.76. The van der Waals surface area contributed by atoms with Gasteiger partial charge in [0.25, 0.3) is 0 Å². The third-order valence-electron chi connectivity index (χ3n) is 4.89. The molecule has 29 heavy (non-hydrogen) atoms. The molecule has 0 amide bonds. The number of hydrogen-bond donors (Lipinski definition) is 0. The fourth-order valence-corrected chi connectivity index (χ4v) is 4.15. The van der Waals surface area contributed by atoms with Crippen molar-refractivity contribution < 1.29 is 23.8 Å². The molecule has 1 atom stereocenters. The number of ether oxygens (including phenoxy) is 3. The second kappa shape index (κ2) is 9.78. The maximum atomic E-state index is 12.6. The minimum atomic E-state index is -0.617. The molecule has 1 aromatic carbocycles. The monoisotopic (exact) mass is 483 g/mol. The van der Waals surface area contributed by atoms with Crippen LogP contribution in [-0.4, -0.2) is 42.2 Å². The van der Waals surface area contributed by atoms with Crippen LogP contribution in [0, 0.1) is 13.8 Å². The van der Waals surface area contributed by atoms with Gasteiger partial charge in [0, 0.05) is 35.1 Å². The third kappa shape index (κ3) is 5.62. The molecule has 156 valence electrons. The Morgan fingerprint density at radius 1 is 1.28 bits per heavy atom. The summed E-state index contributed by atoms with van der Waals surface area (Å²) < 4.78 is 18.9.